The fraction of sp³-hybridized carbons (Fsp3) is 0.353. The Morgan fingerprint density at radius 1 is 1.27 bits per heavy atom. The highest BCUT2D eigenvalue weighted by molar-refractivity contribution is 5.95. The molecule has 0 radical (unpaired) electrons. The summed E-state index contributed by atoms with van der Waals surface area (Å²) in [5, 5.41) is 9.46. The Bertz CT molecular complexity index is 761. The van der Waals surface area contributed by atoms with Crippen LogP contribution in [0.5, 0.6) is 0 Å². The van der Waals surface area contributed by atoms with Crippen LogP contribution in [0.2, 0.25) is 0 Å². The van der Waals surface area contributed by atoms with Gasteiger partial charge in [-0.3, -0.25) is 9.59 Å². The van der Waals surface area contributed by atoms with Crippen LogP contribution in [0.25, 0.3) is 5.69 Å². The maximum Gasteiger partial charge on any atom is 0.244 e. The molecular weight excluding hydrogens is 361 g/mol. The molecule has 0 bridgehead atoms. The largest absolute Gasteiger partial charge is 0.346 e. The van der Waals surface area contributed by atoms with Gasteiger partial charge in [0.25, 0.3) is 0 Å². The van der Waals surface area contributed by atoms with Gasteiger partial charge in [-0.05, 0) is 37.1 Å². The third kappa shape index (κ3) is 5.53. The van der Waals surface area contributed by atoms with Crippen LogP contribution < -0.4 is 16.4 Å². The smallest absolute Gasteiger partial charge is 0.244 e. The second kappa shape index (κ2) is 9.30. The second-order valence-electron chi connectivity index (χ2n) is 6.09. The SMILES string of the molecule is Cc1cc(NC(=O)CNC(=O)[C@@H](N)C(C)C)n(-c2ccc(F)cc2)n1.Cl. The molecule has 1 heterocycles. The van der Waals surface area contributed by atoms with Gasteiger partial charge in [0.15, 0.2) is 0 Å². The molecule has 0 fully saturated rings. The number of nitrogens with zero attached hydrogens (tertiary/aromatic N) is 2. The van der Waals surface area contributed by atoms with E-state index in [1.807, 2.05) is 13.8 Å². The molecule has 2 aromatic rings. The molecule has 7 nitrogen and oxygen atoms in total. The first-order chi connectivity index (χ1) is 11.8. The molecule has 0 saturated heterocycles. The van der Waals surface area contributed by atoms with Crippen molar-refractivity contribution >= 4 is 30.0 Å². The van der Waals surface area contributed by atoms with Crippen molar-refractivity contribution in [1.82, 2.24) is 15.1 Å². The quantitative estimate of drug-likeness (QED) is 0.707. The van der Waals surface area contributed by atoms with Crippen LogP contribution in [0.15, 0.2) is 30.3 Å². The number of nitrogens with one attached hydrogen (secondary N) is 2. The summed E-state index contributed by atoms with van der Waals surface area (Å²) in [7, 11) is 0. The van der Waals surface area contributed by atoms with E-state index >= 15 is 0 Å². The van der Waals surface area contributed by atoms with Crippen molar-refractivity contribution in [3.05, 3.63) is 41.8 Å². The average Bonchev–Trinajstić information content (AvgIpc) is 2.92. The Morgan fingerprint density at radius 2 is 1.88 bits per heavy atom. The van der Waals surface area contributed by atoms with Crippen molar-refractivity contribution in [3.8, 4) is 5.69 Å². The van der Waals surface area contributed by atoms with Crippen LogP contribution in [0.4, 0.5) is 10.2 Å². The lowest BCUT2D eigenvalue weighted by atomic mass is 10.1. The monoisotopic (exact) mass is 383 g/mol. The first-order valence-electron chi connectivity index (χ1n) is 7.93. The summed E-state index contributed by atoms with van der Waals surface area (Å²) in [4.78, 5) is 23.9. The molecule has 1 atom stereocenters. The number of anilines is 1. The number of nitrogens with two attached hydrogens (primary N) is 1. The van der Waals surface area contributed by atoms with E-state index in [0.29, 0.717) is 17.2 Å². The van der Waals surface area contributed by atoms with Crippen LogP contribution in [0.1, 0.15) is 19.5 Å². The molecule has 9 heteroatoms. The zero-order valence-corrected chi connectivity index (χ0v) is 15.6. The zero-order chi connectivity index (χ0) is 18.6. The van der Waals surface area contributed by atoms with Crippen molar-refractivity contribution in [2.75, 3.05) is 11.9 Å². The minimum Gasteiger partial charge on any atom is -0.346 e. The van der Waals surface area contributed by atoms with Crippen LogP contribution in [0.3, 0.4) is 0 Å². The lowest BCUT2D eigenvalue weighted by Crippen LogP contribution is -2.46. The highest BCUT2D eigenvalue weighted by atomic mass is 35.5. The molecule has 0 spiro atoms. The number of carbonyl (C=O) groups is 2. The molecular formula is C17H23ClFN5O2. The van der Waals surface area contributed by atoms with Gasteiger partial charge in [-0.25, -0.2) is 9.07 Å². The molecule has 0 saturated carbocycles. The number of hydrogen-bond acceptors (Lipinski definition) is 4. The van der Waals surface area contributed by atoms with Gasteiger partial charge in [0, 0.05) is 6.07 Å². The molecule has 1 aromatic carbocycles. The Labute approximate surface area is 157 Å². The summed E-state index contributed by atoms with van der Waals surface area (Å²) < 4.78 is 14.6. The molecule has 0 aliphatic rings. The number of halogens is 2. The molecule has 2 rings (SSSR count). The van der Waals surface area contributed by atoms with Crippen LogP contribution >= 0.6 is 12.4 Å². The number of hydrogen-bond donors (Lipinski definition) is 3. The fourth-order valence-corrected chi connectivity index (χ4v) is 2.14. The van der Waals surface area contributed by atoms with Gasteiger partial charge in [0.05, 0.1) is 24.0 Å². The normalized spacial score (nSPS) is 11.6. The third-order valence-corrected chi connectivity index (χ3v) is 3.61. The number of aryl methyl sites for hydroxylation is 1. The van der Waals surface area contributed by atoms with Gasteiger partial charge >= 0.3 is 0 Å². The van der Waals surface area contributed by atoms with E-state index in [4.69, 9.17) is 5.73 Å². The van der Waals surface area contributed by atoms with Crippen molar-refractivity contribution in [2.24, 2.45) is 11.7 Å². The summed E-state index contributed by atoms with van der Waals surface area (Å²) in [6, 6.07) is 6.75. The summed E-state index contributed by atoms with van der Waals surface area (Å²) in [5.74, 6) is -0.745. The maximum atomic E-state index is 13.1. The Morgan fingerprint density at radius 3 is 2.46 bits per heavy atom. The van der Waals surface area contributed by atoms with E-state index in [-0.39, 0.29) is 36.6 Å². The van der Waals surface area contributed by atoms with Crippen LogP contribution in [-0.4, -0.2) is 34.2 Å². The first kappa shape index (κ1) is 21.6. The predicted octanol–water partition coefficient (Wildman–Crippen LogP) is 1.78. The maximum absolute atomic E-state index is 13.1. The summed E-state index contributed by atoms with van der Waals surface area (Å²) in [5.41, 5.74) is 7.02. The molecule has 0 aliphatic heterocycles. The van der Waals surface area contributed by atoms with Gasteiger partial charge in [0.2, 0.25) is 11.8 Å². The van der Waals surface area contributed by atoms with E-state index in [2.05, 4.69) is 15.7 Å². The van der Waals surface area contributed by atoms with E-state index in [0.717, 1.165) is 0 Å². The highest BCUT2D eigenvalue weighted by Crippen LogP contribution is 2.17. The lowest BCUT2D eigenvalue weighted by molar-refractivity contribution is -0.125. The van der Waals surface area contributed by atoms with Gasteiger partial charge in [0.1, 0.15) is 11.6 Å². The number of aromatic nitrogens is 2. The number of benzene rings is 1. The van der Waals surface area contributed by atoms with Crippen LogP contribution in [-0.2, 0) is 9.59 Å². The van der Waals surface area contributed by atoms with Crippen molar-refractivity contribution < 1.29 is 14.0 Å². The Balaban J connectivity index is 0.00000338. The second-order valence-corrected chi connectivity index (χ2v) is 6.09. The standard InChI is InChI=1S/C17H22FN5O2.ClH/c1-10(2)16(19)17(25)20-9-15(24)21-14-8-11(3)22-23(14)13-6-4-12(18)5-7-13;/h4-8,10,16H,9,19H2,1-3H3,(H,20,25)(H,21,24);1H/t16-;/m0./s1. The summed E-state index contributed by atoms with van der Waals surface area (Å²) in [6.07, 6.45) is 0. The Hall–Kier alpha value is -2.45. The predicted molar refractivity (Wildman–Crippen MR) is 100.0 cm³/mol. The first-order valence-corrected chi connectivity index (χ1v) is 7.93. The van der Waals surface area contributed by atoms with E-state index in [1.165, 1.54) is 16.8 Å². The van der Waals surface area contributed by atoms with Gasteiger partial charge in [-0.15, -0.1) is 12.4 Å². The fourth-order valence-electron chi connectivity index (χ4n) is 2.14. The van der Waals surface area contributed by atoms with E-state index in [9.17, 15) is 14.0 Å². The molecule has 0 aliphatic carbocycles. The van der Waals surface area contributed by atoms with Crippen molar-refractivity contribution in [2.45, 2.75) is 26.8 Å². The Kier molecular flexibility index (Phi) is 7.73. The van der Waals surface area contributed by atoms with Crippen LogP contribution in [0, 0.1) is 18.7 Å². The minimum atomic E-state index is -0.667. The summed E-state index contributed by atoms with van der Waals surface area (Å²) >= 11 is 0. The van der Waals surface area contributed by atoms with Crippen molar-refractivity contribution in [1.29, 1.82) is 0 Å². The van der Waals surface area contributed by atoms with E-state index < -0.39 is 11.9 Å². The molecule has 4 N–H and O–H groups in total. The lowest BCUT2D eigenvalue weighted by Gasteiger charge is -2.15. The molecule has 26 heavy (non-hydrogen) atoms. The van der Waals surface area contributed by atoms with E-state index in [1.54, 1.807) is 25.1 Å². The average molecular weight is 384 g/mol. The number of rotatable bonds is 6. The number of carbonyl (C=O) groups excluding carboxylic acids is 2. The minimum absolute atomic E-state index is 0. The highest BCUT2D eigenvalue weighted by Gasteiger charge is 2.18. The topological polar surface area (TPSA) is 102 Å². The zero-order valence-electron chi connectivity index (χ0n) is 14.8. The molecule has 142 valence electrons. The van der Waals surface area contributed by atoms with Gasteiger partial charge in [-0.1, -0.05) is 13.8 Å². The molecule has 0 unspecified atom stereocenters. The summed E-state index contributed by atoms with van der Waals surface area (Å²) in [6.45, 7) is 5.23. The number of amides is 2. The van der Waals surface area contributed by atoms with Gasteiger partial charge in [-0.2, -0.15) is 5.10 Å². The van der Waals surface area contributed by atoms with Gasteiger partial charge < -0.3 is 16.4 Å². The van der Waals surface area contributed by atoms with Crippen molar-refractivity contribution in [3.63, 3.8) is 0 Å². The molecule has 1 aromatic heterocycles. The molecule has 2 amide bonds. The third-order valence-electron chi connectivity index (χ3n) is 3.61.